The molecule has 0 aliphatic heterocycles. The summed E-state index contributed by atoms with van der Waals surface area (Å²) in [7, 11) is 0. The first kappa shape index (κ1) is 13.3. The van der Waals surface area contributed by atoms with E-state index in [0.717, 1.165) is 25.7 Å². The number of nitrogens with zero attached hydrogens (tertiary/aromatic N) is 1. The van der Waals surface area contributed by atoms with Crippen molar-refractivity contribution in [3.05, 3.63) is 33.9 Å². The van der Waals surface area contributed by atoms with Crippen LogP contribution < -0.4 is 5.73 Å². The van der Waals surface area contributed by atoms with E-state index in [4.69, 9.17) is 10.5 Å². The lowest BCUT2D eigenvalue weighted by atomic mass is 9.98. The maximum atomic E-state index is 11.9. The van der Waals surface area contributed by atoms with E-state index in [1.54, 1.807) is 0 Å². The second kappa shape index (κ2) is 5.69. The van der Waals surface area contributed by atoms with E-state index in [2.05, 4.69) is 0 Å². The zero-order valence-electron chi connectivity index (χ0n) is 10.5. The van der Waals surface area contributed by atoms with Crippen molar-refractivity contribution >= 4 is 17.3 Å². The molecule has 1 aliphatic rings. The lowest BCUT2D eigenvalue weighted by molar-refractivity contribution is -0.383. The minimum absolute atomic E-state index is 0.0409. The summed E-state index contributed by atoms with van der Waals surface area (Å²) in [6.45, 7) is 0. The number of nitro groups is 1. The lowest BCUT2D eigenvalue weighted by Crippen LogP contribution is -2.21. The molecule has 19 heavy (non-hydrogen) atoms. The lowest BCUT2D eigenvalue weighted by Gasteiger charge is -2.21. The van der Waals surface area contributed by atoms with Crippen LogP contribution in [-0.4, -0.2) is 17.0 Å². The number of nitrogens with two attached hydrogens (primary N) is 1. The summed E-state index contributed by atoms with van der Waals surface area (Å²) >= 11 is 0. The van der Waals surface area contributed by atoms with Gasteiger partial charge >= 0.3 is 5.97 Å². The fourth-order valence-electron chi connectivity index (χ4n) is 2.23. The first-order valence-electron chi connectivity index (χ1n) is 6.33. The molecule has 1 fully saturated rings. The van der Waals surface area contributed by atoms with Crippen LogP contribution in [-0.2, 0) is 4.74 Å². The van der Waals surface area contributed by atoms with Crippen molar-refractivity contribution in [2.45, 2.75) is 38.2 Å². The molecule has 0 unspecified atom stereocenters. The van der Waals surface area contributed by atoms with Crippen molar-refractivity contribution in [3.8, 4) is 0 Å². The highest BCUT2D eigenvalue weighted by atomic mass is 16.6. The third-order valence-corrected chi connectivity index (χ3v) is 3.29. The van der Waals surface area contributed by atoms with Gasteiger partial charge in [0.15, 0.2) is 0 Å². The Morgan fingerprint density at radius 1 is 1.32 bits per heavy atom. The molecule has 0 radical (unpaired) electrons. The van der Waals surface area contributed by atoms with E-state index in [0.29, 0.717) is 0 Å². The number of carbonyl (C=O) groups excluding carboxylic acids is 1. The number of nitro benzene ring substituents is 1. The van der Waals surface area contributed by atoms with E-state index >= 15 is 0 Å². The summed E-state index contributed by atoms with van der Waals surface area (Å²) in [4.78, 5) is 22.1. The van der Waals surface area contributed by atoms with Gasteiger partial charge in [0.2, 0.25) is 0 Å². The fraction of sp³-hybridized carbons (Fsp3) is 0.462. The minimum atomic E-state index is -0.604. The Hall–Kier alpha value is -2.11. The number of anilines is 1. The Morgan fingerprint density at radius 3 is 2.63 bits per heavy atom. The summed E-state index contributed by atoms with van der Waals surface area (Å²) in [5.41, 5.74) is 5.43. The number of carbonyl (C=O) groups is 1. The molecule has 1 aromatic carbocycles. The van der Waals surface area contributed by atoms with Crippen LogP contribution in [0.4, 0.5) is 11.4 Å². The van der Waals surface area contributed by atoms with Gasteiger partial charge in [-0.15, -0.1) is 0 Å². The first-order chi connectivity index (χ1) is 9.08. The van der Waals surface area contributed by atoms with Crippen LogP contribution in [0.25, 0.3) is 0 Å². The van der Waals surface area contributed by atoms with Crippen molar-refractivity contribution in [3.63, 3.8) is 0 Å². The van der Waals surface area contributed by atoms with Gasteiger partial charge in [0.25, 0.3) is 5.69 Å². The number of ether oxygens (including phenoxy) is 1. The third-order valence-electron chi connectivity index (χ3n) is 3.29. The number of rotatable bonds is 3. The monoisotopic (exact) mass is 264 g/mol. The smallest absolute Gasteiger partial charge is 0.338 e. The second-order valence-electron chi connectivity index (χ2n) is 4.70. The van der Waals surface area contributed by atoms with Crippen molar-refractivity contribution in [2.24, 2.45) is 0 Å². The Bertz CT molecular complexity index is 495. The molecule has 6 heteroatoms. The van der Waals surface area contributed by atoms with Gasteiger partial charge in [0, 0.05) is 6.07 Å². The second-order valence-corrected chi connectivity index (χ2v) is 4.70. The van der Waals surface area contributed by atoms with Crippen LogP contribution in [0, 0.1) is 10.1 Å². The zero-order valence-corrected chi connectivity index (χ0v) is 10.5. The average molecular weight is 264 g/mol. The average Bonchev–Trinajstić information content (AvgIpc) is 2.40. The van der Waals surface area contributed by atoms with Crippen LogP contribution in [0.2, 0.25) is 0 Å². The van der Waals surface area contributed by atoms with E-state index in [1.165, 1.54) is 24.6 Å². The maximum absolute atomic E-state index is 11.9. The van der Waals surface area contributed by atoms with Crippen LogP contribution in [0.15, 0.2) is 18.2 Å². The molecule has 2 rings (SSSR count). The Kier molecular flexibility index (Phi) is 3.99. The summed E-state index contributed by atoms with van der Waals surface area (Å²) in [5.74, 6) is -0.519. The molecule has 0 aromatic heterocycles. The quantitative estimate of drug-likeness (QED) is 0.392. The SMILES string of the molecule is Nc1ccc(C(=O)OC2CCCCC2)cc1[N+](=O)[O-]. The molecular weight excluding hydrogens is 248 g/mol. The van der Waals surface area contributed by atoms with Crippen molar-refractivity contribution < 1.29 is 14.5 Å². The Labute approximate surface area is 110 Å². The van der Waals surface area contributed by atoms with Crippen LogP contribution in [0.1, 0.15) is 42.5 Å². The highest BCUT2D eigenvalue weighted by Gasteiger charge is 2.21. The van der Waals surface area contributed by atoms with E-state index in [9.17, 15) is 14.9 Å². The Morgan fingerprint density at radius 2 is 2.00 bits per heavy atom. The first-order valence-corrected chi connectivity index (χ1v) is 6.33. The molecule has 0 amide bonds. The summed E-state index contributed by atoms with van der Waals surface area (Å²) in [6, 6.07) is 3.98. The summed E-state index contributed by atoms with van der Waals surface area (Å²) < 4.78 is 5.35. The summed E-state index contributed by atoms with van der Waals surface area (Å²) in [6.07, 6.45) is 4.94. The maximum Gasteiger partial charge on any atom is 0.338 e. The molecular formula is C13H16N2O4. The molecule has 102 valence electrons. The van der Waals surface area contributed by atoms with Gasteiger partial charge in [-0.2, -0.15) is 0 Å². The van der Waals surface area contributed by atoms with Crippen molar-refractivity contribution in [1.29, 1.82) is 0 Å². The highest BCUT2D eigenvalue weighted by molar-refractivity contribution is 5.91. The van der Waals surface area contributed by atoms with E-state index in [-0.39, 0.29) is 23.0 Å². The highest BCUT2D eigenvalue weighted by Crippen LogP contribution is 2.25. The number of esters is 1. The van der Waals surface area contributed by atoms with Gasteiger partial charge in [-0.3, -0.25) is 10.1 Å². The predicted molar refractivity (Wildman–Crippen MR) is 69.8 cm³/mol. The van der Waals surface area contributed by atoms with Gasteiger partial charge < -0.3 is 10.5 Å². The molecule has 1 aromatic rings. The molecule has 1 aliphatic carbocycles. The van der Waals surface area contributed by atoms with Gasteiger partial charge in [-0.05, 0) is 37.8 Å². The number of nitrogen functional groups attached to an aromatic ring is 1. The van der Waals surface area contributed by atoms with Crippen LogP contribution >= 0.6 is 0 Å². The molecule has 0 heterocycles. The standard InChI is InChI=1S/C13H16N2O4/c14-11-7-6-9(8-12(11)15(17)18)13(16)19-10-4-2-1-3-5-10/h6-8,10H,1-5,14H2. The number of benzene rings is 1. The largest absolute Gasteiger partial charge is 0.459 e. The van der Waals surface area contributed by atoms with Gasteiger partial charge in [-0.1, -0.05) is 6.42 Å². The van der Waals surface area contributed by atoms with E-state index in [1.807, 2.05) is 0 Å². The van der Waals surface area contributed by atoms with Gasteiger partial charge in [-0.25, -0.2) is 4.79 Å². The topological polar surface area (TPSA) is 95.5 Å². The Balaban J connectivity index is 2.10. The molecule has 2 N–H and O–H groups in total. The third kappa shape index (κ3) is 3.21. The zero-order chi connectivity index (χ0) is 13.8. The van der Waals surface area contributed by atoms with Crippen molar-refractivity contribution in [2.75, 3.05) is 5.73 Å². The normalized spacial score (nSPS) is 16.0. The number of hydrogen-bond donors (Lipinski definition) is 1. The fourth-order valence-corrected chi connectivity index (χ4v) is 2.23. The summed E-state index contributed by atoms with van der Waals surface area (Å²) in [5, 5.41) is 10.8. The van der Waals surface area contributed by atoms with Crippen LogP contribution in [0.5, 0.6) is 0 Å². The molecule has 0 spiro atoms. The molecule has 0 atom stereocenters. The predicted octanol–water partition coefficient (Wildman–Crippen LogP) is 2.67. The van der Waals surface area contributed by atoms with Gasteiger partial charge in [0.1, 0.15) is 11.8 Å². The molecule has 1 saturated carbocycles. The van der Waals surface area contributed by atoms with E-state index < -0.39 is 10.9 Å². The number of hydrogen-bond acceptors (Lipinski definition) is 5. The minimum Gasteiger partial charge on any atom is -0.459 e. The van der Waals surface area contributed by atoms with Crippen LogP contribution in [0.3, 0.4) is 0 Å². The molecule has 0 bridgehead atoms. The molecule has 6 nitrogen and oxygen atoms in total. The van der Waals surface area contributed by atoms with Crippen molar-refractivity contribution in [1.82, 2.24) is 0 Å². The van der Waals surface area contributed by atoms with Gasteiger partial charge in [0.05, 0.1) is 10.5 Å². The molecule has 0 saturated heterocycles.